The van der Waals surface area contributed by atoms with E-state index in [-0.39, 0.29) is 6.04 Å². The minimum Gasteiger partial charge on any atom is -0.494 e. The van der Waals surface area contributed by atoms with E-state index in [0.717, 1.165) is 16.5 Å². The molecule has 0 amide bonds. The first-order valence-electron chi connectivity index (χ1n) is 7.44. The Morgan fingerprint density at radius 3 is 2.33 bits per heavy atom. The molecular formula is C17H24N2OS. The number of hydrogen-bond donors (Lipinski definition) is 1. The van der Waals surface area contributed by atoms with E-state index in [1.54, 1.807) is 11.3 Å². The highest BCUT2D eigenvalue weighted by molar-refractivity contribution is 7.11. The maximum atomic E-state index is 5.48. The molecule has 114 valence electrons. The van der Waals surface area contributed by atoms with E-state index in [9.17, 15) is 0 Å². The maximum absolute atomic E-state index is 5.48. The Morgan fingerprint density at radius 1 is 1.14 bits per heavy atom. The van der Waals surface area contributed by atoms with Gasteiger partial charge in [0.15, 0.2) is 0 Å². The van der Waals surface area contributed by atoms with Crippen LogP contribution in [0.3, 0.4) is 0 Å². The zero-order chi connectivity index (χ0) is 15.4. The molecule has 1 heterocycles. The fourth-order valence-electron chi connectivity index (χ4n) is 2.52. The van der Waals surface area contributed by atoms with Gasteiger partial charge in [0.25, 0.3) is 0 Å². The van der Waals surface area contributed by atoms with E-state index >= 15 is 0 Å². The minimum absolute atomic E-state index is 0.289. The molecule has 0 aliphatic rings. The van der Waals surface area contributed by atoms with Crippen molar-refractivity contribution in [3.63, 3.8) is 0 Å². The highest BCUT2D eigenvalue weighted by Gasteiger charge is 2.16. The van der Waals surface area contributed by atoms with Crippen molar-refractivity contribution in [1.82, 2.24) is 10.3 Å². The molecule has 0 aliphatic carbocycles. The number of aryl methyl sites for hydroxylation is 2. The number of hydrogen-bond acceptors (Lipinski definition) is 4. The Balaban J connectivity index is 2.03. The lowest BCUT2D eigenvalue weighted by Crippen LogP contribution is -2.22. The van der Waals surface area contributed by atoms with Gasteiger partial charge in [-0.05, 0) is 52.3 Å². The summed E-state index contributed by atoms with van der Waals surface area (Å²) in [6, 6.07) is 8.91. The van der Waals surface area contributed by atoms with Crippen LogP contribution in [0.1, 0.15) is 54.0 Å². The van der Waals surface area contributed by atoms with Gasteiger partial charge in [-0.3, -0.25) is 0 Å². The van der Waals surface area contributed by atoms with Crippen molar-refractivity contribution >= 4 is 11.3 Å². The number of benzene rings is 1. The summed E-state index contributed by atoms with van der Waals surface area (Å²) in [5, 5.41) is 4.78. The summed E-state index contributed by atoms with van der Waals surface area (Å²) >= 11 is 1.78. The van der Waals surface area contributed by atoms with Crippen LogP contribution >= 0.6 is 11.3 Å². The number of aromatic nitrogens is 1. The molecule has 2 aromatic rings. The molecule has 0 bridgehead atoms. The van der Waals surface area contributed by atoms with Crippen LogP contribution in [0.2, 0.25) is 0 Å². The van der Waals surface area contributed by atoms with Crippen molar-refractivity contribution < 1.29 is 4.74 Å². The monoisotopic (exact) mass is 304 g/mol. The number of rotatable bonds is 6. The van der Waals surface area contributed by atoms with Gasteiger partial charge in [0.1, 0.15) is 5.75 Å². The summed E-state index contributed by atoms with van der Waals surface area (Å²) in [5.41, 5.74) is 2.40. The molecule has 4 heteroatoms. The van der Waals surface area contributed by atoms with Crippen molar-refractivity contribution in [1.29, 1.82) is 0 Å². The van der Waals surface area contributed by atoms with Gasteiger partial charge in [0.05, 0.1) is 17.3 Å². The van der Waals surface area contributed by atoms with Crippen LogP contribution in [0.15, 0.2) is 24.3 Å². The van der Waals surface area contributed by atoms with Crippen molar-refractivity contribution in [2.45, 2.75) is 46.7 Å². The summed E-state index contributed by atoms with van der Waals surface area (Å²) < 4.78 is 5.48. The van der Waals surface area contributed by atoms with Crippen molar-refractivity contribution in [3.8, 4) is 5.75 Å². The molecule has 0 saturated heterocycles. The van der Waals surface area contributed by atoms with Gasteiger partial charge in [-0.1, -0.05) is 12.1 Å². The first kappa shape index (κ1) is 16.0. The lowest BCUT2D eigenvalue weighted by Gasteiger charge is -2.20. The van der Waals surface area contributed by atoms with Gasteiger partial charge in [-0.25, -0.2) is 4.98 Å². The van der Waals surface area contributed by atoms with E-state index in [4.69, 9.17) is 4.74 Å². The molecular weight excluding hydrogens is 280 g/mol. The van der Waals surface area contributed by atoms with Crippen LogP contribution in [0.4, 0.5) is 0 Å². The van der Waals surface area contributed by atoms with Crippen LogP contribution in [0, 0.1) is 13.8 Å². The van der Waals surface area contributed by atoms with Crippen molar-refractivity contribution in [2.24, 2.45) is 0 Å². The highest BCUT2D eigenvalue weighted by Crippen LogP contribution is 2.27. The molecule has 21 heavy (non-hydrogen) atoms. The average Bonchev–Trinajstić information content (AvgIpc) is 2.79. The van der Waals surface area contributed by atoms with Crippen LogP contribution in [0.5, 0.6) is 5.75 Å². The Morgan fingerprint density at radius 2 is 1.81 bits per heavy atom. The predicted octanol–water partition coefficient (Wildman–Crippen LogP) is 4.57. The quantitative estimate of drug-likeness (QED) is 0.849. The normalized spacial score (nSPS) is 14.0. The van der Waals surface area contributed by atoms with Gasteiger partial charge in [-0.15, -0.1) is 11.3 Å². The van der Waals surface area contributed by atoms with Gasteiger partial charge < -0.3 is 10.1 Å². The highest BCUT2D eigenvalue weighted by atomic mass is 32.1. The fourth-order valence-corrected chi connectivity index (χ4v) is 3.45. The zero-order valence-electron chi connectivity index (χ0n) is 13.4. The summed E-state index contributed by atoms with van der Waals surface area (Å²) in [6.07, 6.45) is 0. The third-order valence-corrected chi connectivity index (χ3v) is 4.78. The summed E-state index contributed by atoms with van der Waals surface area (Å²) in [7, 11) is 0. The summed E-state index contributed by atoms with van der Waals surface area (Å²) in [6.45, 7) is 11.2. The molecule has 3 nitrogen and oxygen atoms in total. The number of nitrogens with zero attached hydrogens (tertiary/aromatic N) is 1. The molecule has 0 saturated carbocycles. The summed E-state index contributed by atoms with van der Waals surface area (Å²) in [4.78, 5) is 5.83. The van der Waals surface area contributed by atoms with E-state index in [2.05, 4.69) is 50.1 Å². The second kappa shape index (κ2) is 7.05. The second-order valence-corrected chi connectivity index (χ2v) is 6.53. The molecule has 0 spiro atoms. The lowest BCUT2D eigenvalue weighted by molar-refractivity contribution is 0.340. The third-order valence-electron chi connectivity index (χ3n) is 3.52. The molecule has 0 radical (unpaired) electrons. The fraction of sp³-hybridized carbons (Fsp3) is 0.471. The Labute approximate surface area is 131 Å². The number of nitrogens with one attached hydrogen (secondary N) is 1. The lowest BCUT2D eigenvalue weighted by atomic mass is 10.1. The van der Waals surface area contributed by atoms with E-state index in [0.29, 0.717) is 12.6 Å². The Bertz CT molecular complexity index is 577. The van der Waals surface area contributed by atoms with Crippen molar-refractivity contribution in [3.05, 3.63) is 45.4 Å². The first-order chi connectivity index (χ1) is 10.0. The molecule has 1 N–H and O–H groups in total. The van der Waals surface area contributed by atoms with E-state index < -0.39 is 0 Å². The standard InChI is InChI=1S/C17H24N2OS/c1-6-20-16-9-7-15(8-10-16)11(2)18-12(3)17-13(4)19-14(5)21-17/h7-12,18H,6H2,1-5H3. The molecule has 1 aromatic heterocycles. The van der Waals surface area contributed by atoms with Gasteiger partial charge in [-0.2, -0.15) is 0 Å². The Kier molecular flexibility index (Phi) is 5.37. The van der Waals surface area contributed by atoms with Gasteiger partial charge >= 0.3 is 0 Å². The second-order valence-electron chi connectivity index (χ2n) is 5.29. The molecule has 0 aliphatic heterocycles. The summed E-state index contributed by atoms with van der Waals surface area (Å²) in [5.74, 6) is 0.926. The molecule has 1 aromatic carbocycles. The SMILES string of the molecule is CCOc1ccc(C(C)NC(C)c2sc(C)nc2C)cc1. The largest absolute Gasteiger partial charge is 0.494 e. The predicted molar refractivity (Wildman–Crippen MR) is 89.2 cm³/mol. The minimum atomic E-state index is 0.289. The molecule has 2 unspecified atom stereocenters. The topological polar surface area (TPSA) is 34.1 Å². The molecule has 2 rings (SSSR count). The van der Waals surface area contributed by atoms with E-state index in [1.807, 2.05) is 19.1 Å². The number of thiazole rings is 1. The van der Waals surface area contributed by atoms with Gasteiger partial charge in [0.2, 0.25) is 0 Å². The Hall–Kier alpha value is -1.39. The molecule has 2 atom stereocenters. The van der Waals surface area contributed by atoms with Crippen LogP contribution in [-0.4, -0.2) is 11.6 Å². The third kappa shape index (κ3) is 4.05. The van der Waals surface area contributed by atoms with Crippen LogP contribution in [0.25, 0.3) is 0 Å². The van der Waals surface area contributed by atoms with E-state index in [1.165, 1.54) is 10.4 Å². The van der Waals surface area contributed by atoms with Crippen LogP contribution < -0.4 is 10.1 Å². The van der Waals surface area contributed by atoms with Crippen LogP contribution in [-0.2, 0) is 0 Å². The smallest absolute Gasteiger partial charge is 0.119 e. The molecule has 0 fully saturated rings. The maximum Gasteiger partial charge on any atom is 0.119 e. The average molecular weight is 304 g/mol. The zero-order valence-corrected chi connectivity index (χ0v) is 14.3. The van der Waals surface area contributed by atoms with Gasteiger partial charge in [0, 0.05) is 17.0 Å². The van der Waals surface area contributed by atoms with Crippen molar-refractivity contribution in [2.75, 3.05) is 6.61 Å². The first-order valence-corrected chi connectivity index (χ1v) is 8.25. The number of ether oxygens (including phenoxy) is 1.